The quantitative estimate of drug-likeness (QED) is 0.529. The van der Waals surface area contributed by atoms with Crippen molar-refractivity contribution in [2.24, 2.45) is 0 Å². The normalized spacial score (nSPS) is 14.3. The second-order valence-electron chi connectivity index (χ2n) is 7.50. The second-order valence-corrected chi connectivity index (χ2v) is 7.50. The van der Waals surface area contributed by atoms with Gasteiger partial charge in [-0.3, -0.25) is 4.79 Å². The smallest absolute Gasteiger partial charge is 0.242 e. The van der Waals surface area contributed by atoms with Crippen molar-refractivity contribution in [1.82, 2.24) is 19.4 Å². The summed E-state index contributed by atoms with van der Waals surface area (Å²) in [5, 5.41) is 1.16. The van der Waals surface area contributed by atoms with E-state index in [0.29, 0.717) is 19.6 Å². The molecule has 5 rings (SSSR count). The maximum absolute atomic E-state index is 12.9. The number of amides is 1. The topological polar surface area (TPSA) is 54.3 Å². The summed E-state index contributed by atoms with van der Waals surface area (Å²) in [6, 6.07) is 22.3. The Balaban J connectivity index is 1.24. The van der Waals surface area contributed by atoms with Gasteiger partial charge in [-0.15, -0.1) is 0 Å². The molecule has 6 heteroatoms. The van der Waals surface area contributed by atoms with Crippen LogP contribution >= 0.6 is 0 Å². The Kier molecular flexibility index (Phi) is 4.89. The van der Waals surface area contributed by atoms with Gasteiger partial charge in [0.1, 0.15) is 18.7 Å². The predicted molar refractivity (Wildman–Crippen MR) is 118 cm³/mol. The first-order valence-electron chi connectivity index (χ1n) is 10.2. The fourth-order valence-electron chi connectivity index (χ4n) is 4.00. The average molecular weight is 397 g/mol. The van der Waals surface area contributed by atoms with Crippen molar-refractivity contribution < 1.29 is 4.79 Å². The number of hydrogen-bond acceptors (Lipinski definition) is 4. The van der Waals surface area contributed by atoms with Gasteiger partial charge < -0.3 is 14.4 Å². The zero-order chi connectivity index (χ0) is 20.3. The van der Waals surface area contributed by atoms with E-state index < -0.39 is 0 Å². The van der Waals surface area contributed by atoms with Crippen LogP contribution in [0.4, 0.5) is 5.82 Å². The van der Waals surface area contributed by atoms with E-state index in [2.05, 4.69) is 33.1 Å². The summed E-state index contributed by atoms with van der Waals surface area (Å²) < 4.78 is 2.03. The molecule has 4 aromatic rings. The Morgan fingerprint density at radius 3 is 2.47 bits per heavy atom. The van der Waals surface area contributed by atoms with Gasteiger partial charge in [-0.2, -0.15) is 0 Å². The van der Waals surface area contributed by atoms with E-state index in [0.717, 1.165) is 41.1 Å². The number of carbonyl (C=O) groups is 1. The molecule has 2 aromatic heterocycles. The van der Waals surface area contributed by atoms with Crippen LogP contribution in [0.3, 0.4) is 0 Å². The Labute approximate surface area is 175 Å². The molecule has 0 bridgehead atoms. The lowest BCUT2D eigenvalue weighted by atomic mass is 10.1. The van der Waals surface area contributed by atoms with Crippen LogP contribution in [-0.2, 0) is 11.3 Å². The van der Waals surface area contributed by atoms with Gasteiger partial charge in [0.2, 0.25) is 5.91 Å². The standard InChI is InChI=1S/C24H23N5O/c30-24(17-29-11-10-20-8-4-5-9-22(20)29)28-14-12-27(13-15-28)23-16-21(25-18-26-23)19-6-2-1-3-7-19/h1-11,16,18H,12-15,17H2. The van der Waals surface area contributed by atoms with Gasteiger partial charge in [0.25, 0.3) is 0 Å². The number of para-hydroxylation sites is 1. The summed E-state index contributed by atoms with van der Waals surface area (Å²) in [6.45, 7) is 3.30. The second kappa shape index (κ2) is 7.99. The molecule has 0 unspecified atom stereocenters. The molecule has 2 aromatic carbocycles. The van der Waals surface area contributed by atoms with Crippen molar-refractivity contribution in [3.63, 3.8) is 0 Å². The van der Waals surface area contributed by atoms with Crippen LogP contribution in [0.1, 0.15) is 0 Å². The Morgan fingerprint density at radius 1 is 0.867 bits per heavy atom. The fraction of sp³-hybridized carbons (Fsp3) is 0.208. The molecule has 3 heterocycles. The lowest BCUT2D eigenvalue weighted by Gasteiger charge is -2.35. The van der Waals surface area contributed by atoms with E-state index in [-0.39, 0.29) is 5.91 Å². The van der Waals surface area contributed by atoms with Gasteiger partial charge in [-0.25, -0.2) is 9.97 Å². The summed E-state index contributed by atoms with van der Waals surface area (Å²) in [4.78, 5) is 25.9. The number of carbonyl (C=O) groups excluding carboxylic acids is 1. The van der Waals surface area contributed by atoms with Crippen molar-refractivity contribution in [3.05, 3.63) is 79.3 Å². The monoisotopic (exact) mass is 397 g/mol. The molecule has 1 fully saturated rings. The largest absolute Gasteiger partial charge is 0.353 e. The Hall–Kier alpha value is -3.67. The molecule has 1 aliphatic heterocycles. The molecule has 6 nitrogen and oxygen atoms in total. The third kappa shape index (κ3) is 3.64. The van der Waals surface area contributed by atoms with Crippen LogP contribution in [0, 0.1) is 0 Å². The SMILES string of the molecule is O=C(Cn1ccc2ccccc21)N1CCN(c2cc(-c3ccccc3)ncn2)CC1. The van der Waals surface area contributed by atoms with E-state index in [1.807, 2.05) is 64.2 Å². The Bertz CT molecular complexity index is 1160. The van der Waals surface area contributed by atoms with Gasteiger partial charge in [-0.1, -0.05) is 48.5 Å². The highest BCUT2D eigenvalue weighted by molar-refractivity contribution is 5.83. The highest BCUT2D eigenvalue weighted by atomic mass is 16.2. The lowest BCUT2D eigenvalue weighted by molar-refractivity contribution is -0.132. The van der Waals surface area contributed by atoms with Gasteiger partial charge in [0.05, 0.1) is 5.69 Å². The summed E-state index contributed by atoms with van der Waals surface area (Å²) >= 11 is 0. The average Bonchev–Trinajstić information content (AvgIpc) is 3.23. The van der Waals surface area contributed by atoms with E-state index in [9.17, 15) is 4.79 Å². The van der Waals surface area contributed by atoms with Gasteiger partial charge in [-0.05, 0) is 17.5 Å². The van der Waals surface area contributed by atoms with Gasteiger partial charge in [0.15, 0.2) is 0 Å². The number of fused-ring (bicyclic) bond motifs is 1. The van der Waals surface area contributed by atoms with Crippen molar-refractivity contribution >= 4 is 22.6 Å². The number of piperazine rings is 1. The Morgan fingerprint density at radius 2 is 1.63 bits per heavy atom. The number of aromatic nitrogens is 3. The highest BCUT2D eigenvalue weighted by Gasteiger charge is 2.22. The van der Waals surface area contributed by atoms with E-state index >= 15 is 0 Å². The molecule has 150 valence electrons. The molecule has 1 amide bonds. The molecule has 0 N–H and O–H groups in total. The van der Waals surface area contributed by atoms with Crippen LogP contribution in [0.2, 0.25) is 0 Å². The molecule has 1 aliphatic rings. The van der Waals surface area contributed by atoms with Crippen molar-refractivity contribution in [3.8, 4) is 11.3 Å². The third-order valence-electron chi connectivity index (χ3n) is 5.66. The molecule has 0 saturated carbocycles. The first-order chi connectivity index (χ1) is 14.8. The predicted octanol–water partition coefficient (Wildman–Crippen LogP) is 3.45. The molecule has 0 atom stereocenters. The van der Waals surface area contributed by atoms with Crippen LogP contribution in [-0.4, -0.2) is 51.5 Å². The first kappa shape index (κ1) is 18.4. The van der Waals surface area contributed by atoms with E-state index in [4.69, 9.17) is 0 Å². The maximum atomic E-state index is 12.9. The lowest BCUT2D eigenvalue weighted by Crippen LogP contribution is -2.49. The first-order valence-corrected chi connectivity index (χ1v) is 10.2. The molecule has 0 radical (unpaired) electrons. The van der Waals surface area contributed by atoms with Crippen molar-refractivity contribution in [2.75, 3.05) is 31.1 Å². The van der Waals surface area contributed by atoms with E-state index in [1.54, 1.807) is 6.33 Å². The number of nitrogens with zero attached hydrogens (tertiary/aromatic N) is 5. The van der Waals surface area contributed by atoms with Gasteiger partial charge >= 0.3 is 0 Å². The number of benzene rings is 2. The highest BCUT2D eigenvalue weighted by Crippen LogP contribution is 2.21. The molecule has 30 heavy (non-hydrogen) atoms. The summed E-state index contributed by atoms with van der Waals surface area (Å²) in [7, 11) is 0. The zero-order valence-electron chi connectivity index (χ0n) is 16.7. The van der Waals surface area contributed by atoms with Crippen LogP contribution in [0.25, 0.3) is 22.2 Å². The minimum Gasteiger partial charge on any atom is -0.353 e. The van der Waals surface area contributed by atoms with Crippen LogP contribution < -0.4 is 4.90 Å². The molecular formula is C24H23N5O. The molecule has 0 aliphatic carbocycles. The van der Waals surface area contributed by atoms with Crippen LogP contribution in [0.15, 0.2) is 79.3 Å². The summed E-state index contributed by atoms with van der Waals surface area (Å²) in [5.74, 6) is 1.07. The van der Waals surface area contributed by atoms with E-state index in [1.165, 1.54) is 0 Å². The number of hydrogen-bond donors (Lipinski definition) is 0. The van der Waals surface area contributed by atoms with Crippen molar-refractivity contribution in [2.45, 2.75) is 6.54 Å². The molecule has 1 saturated heterocycles. The summed E-state index contributed by atoms with van der Waals surface area (Å²) in [6.07, 6.45) is 3.61. The fourth-order valence-corrected chi connectivity index (χ4v) is 4.00. The minimum absolute atomic E-state index is 0.156. The third-order valence-corrected chi connectivity index (χ3v) is 5.66. The van der Waals surface area contributed by atoms with Gasteiger partial charge in [0, 0.05) is 49.5 Å². The summed E-state index contributed by atoms with van der Waals surface area (Å²) in [5.41, 5.74) is 3.09. The zero-order valence-corrected chi connectivity index (χ0v) is 16.7. The van der Waals surface area contributed by atoms with Crippen molar-refractivity contribution in [1.29, 1.82) is 0 Å². The maximum Gasteiger partial charge on any atom is 0.242 e. The minimum atomic E-state index is 0.156. The molecular weight excluding hydrogens is 374 g/mol. The number of anilines is 1. The number of rotatable bonds is 4. The van der Waals surface area contributed by atoms with Crippen LogP contribution in [0.5, 0.6) is 0 Å². The molecule has 0 spiro atoms.